The van der Waals surface area contributed by atoms with E-state index >= 15 is 0 Å². The van der Waals surface area contributed by atoms with Gasteiger partial charge in [-0.2, -0.15) is 17.6 Å². The molecule has 0 aliphatic heterocycles. The van der Waals surface area contributed by atoms with Gasteiger partial charge in [0.1, 0.15) is 11.2 Å². The predicted molar refractivity (Wildman–Crippen MR) is 78.1 cm³/mol. The fraction of sp³-hybridized carbons (Fsp3) is 0.0714. The molecule has 2 aromatic carbocycles. The van der Waals surface area contributed by atoms with Crippen molar-refractivity contribution in [1.82, 2.24) is 0 Å². The van der Waals surface area contributed by atoms with Crippen molar-refractivity contribution in [1.29, 1.82) is 0 Å². The van der Waals surface area contributed by atoms with Crippen molar-refractivity contribution in [3.8, 4) is 0 Å². The molecule has 0 bridgehead atoms. The van der Waals surface area contributed by atoms with E-state index in [9.17, 15) is 13.2 Å². The maximum atomic E-state index is 13.0. The van der Waals surface area contributed by atoms with Gasteiger partial charge in [-0.1, -0.05) is 18.2 Å². The average Bonchev–Trinajstić information content (AvgIpc) is 2.81. The summed E-state index contributed by atoms with van der Waals surface area (Å²) in [6.45, 7) is 0. The van der Waals surface area contributed by atoms with Crippen LogP contribution in [-0.2, 0) is 0 Å². The number of nitrogens with zero attached hydrogens (tertiary/aromatic N) is 1. The van der Waals surface area contributed by atoms with Gasteiger partial charge in [-0.05, 0) is 24.3 Å². The number of fused-ring (bicyclic) bond motifs is 3. The number of halogens is 3. The number of para-hydroxylation sites is 1. The van der Waals surface area contributed by atoms with Gasteiger partial charge < -0.3 is 4.42 Å². The highest BCUT2D eigenvalue weighted by Gasteiger charge is 2.37. The van der Waals surface area contributed by atoms with Gasteiger partial charge >= 0.3 is 6.18 Å². The van der Waals surface area contributed by atoms with E-state index < -0.39 is 11.9 Å². The van der Waals surface area contributed by atoms with Crippen LogP contribution in [-0.4, -0.2) is 11.9 Å². The minimum atomic E-state index is -4.57. The zero-order valence-electron chi connectivity index (χ0n) is 10.5. The molecule has 0 fully saturated rings. The van der Waals surface area contributed by atoms with Crippen molar-refractivity contribution >= 4 is 39.8 Å². The Bertz CT molecular complexity index is 839. The largest absolute Gasteiger partial charge is 0.456 e. The molecule has 0 aliphatic carbocycles. The minimum Gasteiger partial charge on any atom is -0.456 e. The summed E-state index contributed by atoms with van der Waals surface area (Å²) in [6.07, 6.45) is -4.57. The van der Waals surface area contributed by atoms with E-state index in [1.165, 1.54) is 18.2 Å². The first-order valence-corrected chi connectivity index (χ1v) is 6.77. The molecule has 1 aromatic heterocycles. The zero-order chi connectivity index (χ0) is 15.0. The normalized spacial score (nSPS) is 13.2. The second-order valence-electron chi connectivity index (χ2n) is 4.35. The third-order valence-electron chi connectivity index (χ3n) is 3.06. The van der Waals surface area contributed by atoms with Gasteiger partial charge in [0.15, 0.2) is 5.71 Å². The molecule has 3 rings (SSSR count). The van der Waals surface area contributed by atoms with Crippen LogP contribution in [0.5, 0.6) is 0 Å². The Morgan fingerprint density at radius 3 is 2.48 bits per heavy atom. The van der Waals surface area contributed by atoms with Crippen LogP contribution in [0.15, 0.2) is 51.3 Å². The Balaban J connectivity index is 2.24. The quantitative estimate of drug-likeness (QED) is 0.561. The smallest absolute Gasteiger partial charge is 0.434 e. The molecule has 1 heterocycles. The van der Waals surface area contributed by atoms with Crippen LogP contribution >= 0.6 is 12.1 Å². The standard InChI is InChI=1S/C14H9F3N2OS/c15-14(16,17)13(19-21-18)8-5-6-12-10(7-8)9-3-1-2-4-11(9)20-12/h1-7H,18H2/b19-13+. The topological polar surface area (TPSA) is 51.5 Å². The maximum Gasteiger partial charge on any atom is 0.434 e. The van der Waals surface area contributed by atoms with Gasteiger partial charge in [-0.3, -0.25) is 5.14 Å². The molecule has 0 amide bonds. The molecule has 0 unspecified atom stereocenters. The van der Waals surface area contributed by atoms with Crippen molar-refractivity contribution < 1.29 is 17.6 Å². The molecule has 0 atom stereocenters. The van der Waals surface area contributed by atoms with Crippen molar-refractivity contribution in [3.63, 3.8) is 0 Å². The number of hydrogen-bond acceptors (Lipinski definition) is 4. The molecule has 21 heavy (non-hydrogen) atoms. The highest BCUT2D eigenvalue weighted by molar-refractivity contribution is 7.95. The van der Waals surface area contributed by atoms with Gasteiger partial charge in [0, 0.05) is 16.3 Å². The number of furan rings is 1. The van der Waals surface area contributed by atoms with Crippen LogP contribution in [0.1, 0.15) is 5.56 Å². The van der Waals surface area contributed by atoms with Crippen molar-refractivity contribution in [2.24, 2.45) is 9.54 Å². The lowest BCUT2D eigenvalue weighted by molar-refractivity contribution is -0.0578. The first kappa shape index (κ1) is 14.0. The average molecular weight is 310 g/mol. The highest BCUT2D eigenvalue weighted by atomic mass is 32.2. The molecule has 0 saturated carbocycles. The number of alkyl halides is 3. The molecule has 2 N–H and O–H groups in total. The second kappa shape index (κ2) is 5.09. The molecule has 0 spiro atoms. The molecule has 3 aromatic rings. The molecule has 108 valence electrons. The number of rotatable bonds is 2. The lowest BCUT2D eigenvalue weighted by atomic mass is 10.1. The summed E-state index contributed by atoms with van der Waals surface area (Å²) in [7, 11) is 0. The fourth-order valence-electron chi connectivity index (χ4n) is 2.19. The summed E-state index contributed by atoms with van der Waals surface area (Å²) < 4.78 is 47.9. The number of benzene rings is 2. The van der Waals surface area contributed by atoms with Crippen LogP contribution in [0.4, 0.5) is 13.2 Å². The summed E-state index contributed by atoms with van der Waals surface area (Å²) in [5.41, 5.74) is 0.104. The summed E-state index contributed by atoms with van der Waals surface area (Å²) in [5.74, 6) is 0. The Hall–Kier alpha value is -1.99. The predicted octanol–water partition coefficient (Wildman–Crippen LogP) is 4.46. The van der Waals surface area contributed by atoms with E-state index in [1.807, 2.05) is 0 Å². The van der Waals surface area contributed by atoms with Crippen LogP contribution in [0.2, 0.25) is 0 Å². The maximum absolute atomic E-state index is 13.0. The van der Waals surface area contributed by atoms with Gasteiger partial charge in [0.2, 0.25) is 0 Å². The second-order valence-corrected chi connectivity index (χ2v) is 4.75. The summed E-state index contributed by atoms with van der Waals surface area (Å²) in [6, 6.07) is 11.4. The summed E-state index contributed by atoms with van der Waals surface area (Å²) in [4.78, 5) is 0. The van der Waals surface area contributed by atoms with E-state index in [2.05, 4.69) is 4.40 Å². The van der Waals surface area contributed by atoms with Crippen LogP contribution in [0.25, 0.3) is 21.9 Å². The Morgan fingerprint density at radius 1 is 1.05 bits per heavy atom. The molecular weight excluding hydrogens is 301 g/mol. The first-order valence-electron chi connectivity index (χ1n) is 5.93. The highest BCUT2D eigenvalue weighted by Crippen LogP contribution is 2.31. The molecule has 0 aliphatic rings. The van der Waals surface area contributed by atoms with Crippen LogP contribution in [0, 0.1) is 0 Å². The number of hydrogen-bond donors (Lipinski definition) is 1. The van der Waals surface area contributed by atoms with Crippen LogP contribution < -0.4 is 5.14 Å². The van der Waals surface area contributed by atoms with E-state index in [0.717, 1.165) is 5.39 Å². The summed E-state index contributed by atoms with van der Waals surface area (Å²) in [5, 5.41) is 6.43. The van der Waals surface area contributed by atoms with Gasteiger partial charge in [-0.15, -0.1) is 0 Å². The molecule has 0 radical (unpaired) electrons. The Kier molecular flexibility index (Phi) is 3.38. The van der Waals surface area contributed by atoms with Gasteiger partial charge in [0.05, 0.1) is 12.1 Å². The van der Waals surface area contributed by atoms with Gasteiger partial charge in [0.25, 0.3) is 0 Å². The lowest BCUT2D eigenvalue weighted by Gasteiger charge is -2.09. The third-order valence-corrected chi connectivity index (χ3v) is 3.35. The fourth-order valence-corrected chi connectivity index (χ4v) is 2.51. The monoisotopic (exact) mass is 310 g/mol. The van der Waals surface area contributed by atoms with E-state index in [-0.39, 0.29) is 17.7 Å². The SMILES string of the molecule is NS/N=C(\c1ccc2oc3ccccc3c2c1)C(F)(F)F. The van der Waals surface area contributed by atoms with E-state index in [0.29, 0.717) is 16.6 Å². The van der Waals surface area contributed by atoms with E-state index in [4.69, 9.17) is 9.56 Å². The third kappa shape index (κ3) is 2.50. The van der Waals surface area contributed by atoms with Crippen LogP contribution in [0.3, 0.4) is 0 Å². The minimum absolute atomic E-state index is 0.0421. The Labute approximate surface area is 121 Å². The molecular formula is C14H9F3N2OS. The number of nitrogens with two attached hydrogens (primary N) is 1. The van der Waals surface area contributed by atoms with E-state index in [1.54, 1.807) is 24.3 Å². The summed E-state index contributed by atoms with van der Waals surface area (Å²) >= 11 is 0.287. The molecule has 3 nitrogen and oxygen atoms in total. The van der Waals surface area contributed by atoms with Crippen molar-refractivity contribution in [2.45, 2.75) is 6.18 Å². The van der Waals surface area contributed by atoms with Crippen molar-refractivity contribution in [3.05, 3.63) is 48.0 Å². The molecule has 7 heteroatoms. The zero-order valence-corrected chi connectivity index (χ0v) is 11.3. The van der Waals surface area contributed by atoms with Crippen molar-refractivity contribution in [2.75, 3.05) is 0 Å². The Morgan fingerprint density at radius 2 is 1.76 bits per heavy atom. The first-order chi connectivity index (χ1) is 10.0. The molecule has 0 saturated heterocycles. The lowest BCUT2D eigenvalue weighted by Crippen LogP contribution is -2.23. The van der Waals surface area contributed by atoms with Gasteiger partial charge in [-0.25, -0.2) is 0 Å².